The summed E-state index contributed by atoms with van der Waals surface area (Å²) in [6, 6.07) is 7.02. The van der Waals surface area contributed by atoms with Crippen LogP contribution in [0.25, 0.3) is 0 Å². The quantitative estimate of drug-likeness (QED) is 0.924. The number of nitrogens with one attached hydrogen (secondary N) is 1. The molecular weight excluding hydrogens is 250 g/mol. The van der Waals surface area contributed by atoms with Crippen LogP contribution in [-0.4, -0.2) is 15.9 Å². The number of carbonyl (C=O) groups is 1. The second-order valence-electron chi connectivity index (χ2n) is 3.85. The van der Waals surface area contributed by atoms with Gasteiger partial charge in [0.15, 0.2) is 0 Å². The van der Waals surface area contributed by atoms with Gasteiger partial charge in [0.05, 0.1) is 12.1 Å². The Balaban J connectivity index is 2.03. The van der Waals surface area contributed by atoms with E-state index in [0.717, 1.165) is 11.3 Å². The second-order valence-corrected chi connectivity index (χ2v) is 4.29. The van der Waals surface area contributed by atoms with E-state index < -0.39 is 0 Å². The van der Waals surface area contributed by atoms with Crippen LogP contribution >= 0.6 is 11.6 Å². The number of hydrogen-bond acceptors (Lipinski definition) is 3. The van der Waals surface area contributed by atoms with E-state index in [2.05, 4.69) is 15.3 Å². The molecule has 0 radical (unpaired) electrons. The molecule has 92 valence electrons. The van der Waals surface area contributed by atoms with Crippen LogP contribution in [0.15, 0.2) is 36.7 Å². The Morgan fingerprint density at radius 3 is 2.89 bits per heavy atom. The van der Waals surface area contributed by atoms with E-state index in [1.807, 2.05) is 19.1 Å². The van der Waals surface area contributed by atoms with Crippen molar-refractivity contribution in [3.8, 4) is 0 Å². The fourth-order valence-corrected chi connectivity index (χ4v) is 1.68. The summed E-state index contributed by atoms with van der Waals surface area (Å²) in [6.45, 7) is 1.92. The number of rotatable bonds is 3. The van der Waals surface area contributed by atoms with Crippen LogP contribution in [0.2, 0.25) is 5.02 Å². The predicted molar refractivity (Wildman–Crippen MR) is 70.6 cm³/mol. The van der Waals surface area contributed by atoms with Crippen LogP contribution in [0.1, 0.15) is 11.3 Å². The molecule has 2 heterocycles. The first-order valence-corrected chi connectivity index (χ1v) is 5.85. The molecule has 0 aromatic carbocycles. The summed E-state index contributed by atoms with van der Waals surface area (Å²) in [5.74, 6) is 0.285. The smallest absolute Gasteiger partial charge is 0.231 e. The van der Waals surface area contributed by atoms with Crippen molar-refractivity contribution in [3.05, 3.63) is 52.9 Å². The molecule has 18 heavy (non-hydrogen) atoms. The molecule has 0 spiro atoms. The van der Waals surface area contributed by atoms with Gasteiger partial charge in [-0.05, 0) is 30.7 Å². The maximum atomic E-state index is 11.8. The van der Waals surface area contributed by atoms with Crippen molar-refractivity contribution in [2.75, 3.05) is 5.32 Å². The van der Waals surface area contributed by atoms with E-state index >= 15 is 0 Å². The van der Waals surface area contributed by atoms with Gasteiger partial charge in [-0.15, -0.1) is 0 Å². The summed E-state index contributed by atoms with van der Waals surface area (Å²) in [4.78, 5) is 20.0. The molecule has 1 N–H and O–H groups in total. The number of halogens is 1. The lowest BCUT2D eigenvalue weighted by molar-refractivity contribution is -0.115. The molecule has 1 amide bonds. The molecule has 0 aliphatic rings. The summed E-state index contributed by atoms with van der Waals surface area (Å²) in [7, 11) is 0. The van der Waals surface area contributed by atoms with Gasteiger partial charge in [0.2, 0.25) is 5.91 Å². The minimum absolute atomic E-state index is 0.161. The fourth-order valence-electron chi connectivity index (χ4n) is 1.52. The Morgan fingerprint density at radius 1 is 1.33 bits per heavy atom. The Bertz CT molecular complexity index is 572. The van der Waals surface area contributed by atoms with Crippen LogP contribution in [0.5, 0.6) is 0 Å². The second kappa shape index (κ2) is 5.60. The molecule has 2 aromatic rings. The van der Waals surface area contributed by atoms with Crippen LogP contribution < -0.4 is 5.32 Å². The van der Waals surface area contributed by atoms with E-state index in [4.69, 9.17) is 11.6 Å². The Kier molecular flexibility index (Phi) is 3.89. The van der Waals surface area contributed by atoms with Crippen molar-refractivity contribution < 1.29 is 4.79 Å². The van der Waals surface area contributed by atoms with Gasteiger partial charge >= 0.3 is 0 Å². The predicted octanol–water partition coefficient (Wildman–Crippen LogP) is 2.62. The highest BCUT2D eigenvalue weighted by Crippen LogP contribution is 2.12. The van der Waals surface area contributed by atoms with Gasteiger partial charge in [0.1, 0.15) is 5.82 Å². The van der Waals surface area contributed by atoms with E-state index in [1.54, 1.807) is 24.5 Å². The third kappa shape index (κ3) is 3.28. The van der Waals surface area contributed by atoms with Crippen LogP contribution in [0.3, 0.4) is 0 Å². The van der Waals surface area contributed by atoms with Gasteiger partial charge in [-0.2, -0.15) is 0 Å². The number of aromatic nitrogens is 2. The summed E-state index contributed by atoms with van der Waals surface area (Å²) in [6.07, 6.45) is 3.44. The van der Waals surface area contributed by atoms with E-state index in [0.29, 0.717) is 10.8 Å². The van der Waals surface area contributed by atoms with Crippen molar-refractivity contribution in [1.29, 1.82) is 0 Å². The standard InChI is InChI=1S/C13H12ClN3O/c1-9-3-2-5-15-11(9)8-13(18)17-12-7-10(14)4-6-16-12/h2-7H,8H2,1H3,(H,16,17,18). The summed E-state index contributed by atoms with van der Waals surface area (Å²) >= 11 is 5.81. The van der Waals surface area contributed by atoms with Gasteiger partial charge in [0.25, 0.3) is 0 Å². The van der Waals surface area contributed by atoms with Gasteiger partial charge < -0.3 is 5.32 Å². The largest absolute Gasteiger partial charge is 0.310 e. The van der Waals surface area contributed by atoms with Crippen LogP contribution in [0, 0.1) is 6.92 Å². The summed E-state index contributed by atoms with van der Waals surface area (Å²) in [5, 5.41) is 3.22. The SMILES string of the molecule is Cc1cccnc1CC(=O)Nc1cc(Cl)ccn1. The average molecular weight is 262 g/mol. The van der Waals surface area contributed by atoms with Crippen molar-refractivity contribution in [3.63, 3.8) is 0 Å². The molecule has 0 saturated heterocycles. The zero-order chi connectivity index (χ0) is 13.0. The molecule has 2 aromatic heterocycles. The lowest BCUT2D eigenvalue weighted by atomic mass is 10.1. The van der Waals surface area contributed by atoms with Gasteiger partial charge in [-0.25, -0.2) is 4.98 Å². The zero-order valence-corrected chi connectivity index (χ0v) is 10.6. The molecule has 0 fully saturated rings. The summed E-state index contributed by atoms with van der Waals surface area (Å²) < 4.78 is 0. The van der Waals surface area contributed by atoms with Crippen molar-refractivity contribution in [2.24, 2.45) is 0 Å². The van der Waals surface area contributed by atoms with Crippen LogP contribution in [-0.2, 0) is 11.2 Å². The number of pyridine rings is 2. The lowest BCUT2D eigenvalue weighted by Crippen LogP contribution is -2.16. The maximum absolute atomic E-state index is 11.8. The molecule has 2 rings (SSSR count). The number of hydrogen-bond donors (Lipinski definition) is 1. The first kappa shape index (κ1) is 12.5. The number of anilines is 1. The highest BCUT2D eigenvalue weighted by atomic mass is 35.5. The molecule has 0 atom stereocenters. The number of aryl methyl sites for hydroxylation is 1. The van der Waals surface area contributed by atoms with Crippen molar-refractivity contribution in [1.82, 2.24) is 9.97 Å². The molecule has 4 nitrogen and oxygen atoms in total. The van der Waals surface area contributed by atoms with Crippen molar-refractivity contribution >= 4 is 23.3 Å². The molecule has 0 aliphatic carbocycles. The first-order chi connectivity index (χ1) is 8.65. The third-order valence-electron chi connectivity index (χ3n) is 2.44. The van der Waals surface area contributed by atoms with Gasteiger partial charge in [-0.1, -0.05) is 17.7 Å². The van der Waals surface area contributed by atoms with Gasteiger partial charge in [0, 0.05) is 17.4 Å². The third-order valence-corrected chi connectivity index (χ3v) is 2.67. The Hall–Kier alpha value is -1.94. The van der Waals surface area contributed by atoms with Gasteiger partial charge in [-0.3, -0.25) is 9.78 Å². The Morgan fingerprint density at radius 2 is 2.17 bits per heavy atom. The van der Waals surface area contributed by atoms with E-state index in [9.17, 15) is 4.79 Å². The zero-order valence-electron chi connectivity index (χ0n) is 9.85. The number of amides is 1. The molecule has 0 bridgehead atoms. The molecule has 0 saturated carbocycles. The Labute approximate surface area is 110 Å². The number of carbonyl (C=O) groups excluding carboxylic acids is 1. The lowest BCUT2D eigenvalue weighted by Gasteiger charge is -2.06. The highest BCUT2D eigenvalue weighted by Gasteiger charge is 2.07. The average Bonchev–Trinajstić information content (AvgIpc) is 2.32. The minimum Gasteiger partial charge on any atom is -0.310 e. The van der Waals surface area contributed by atoms with Crippen LogP contribution in [0.4, 0.5) is 5.82 Å². The highest BCUT2D eigenvalue weighted by molar-refractivity contribution is 6.30. The minimum atomic E-state index is -0.161. The molecule has 0 aliphatic heterocycles. The molecular formula is C13H12ClN3O. The fraction of sp³-hybridized carbons (Fsp3) is 0.154. The monoisotopic (exact) mass is 261 g/mol. The first-order valence-electron chi connectivity index (χ1n) is 5.47. The summed E-state index contributed by atoms with van der Waals surface area (Å²) in [5.41, 5.74) is 1.75. The number of nitrogens with zero attached hydrogens (tertiary/aromatic N) is 2. The topological polar surface area (TPSA) is 54.9 Å². The van der Waals surface area contributed by atoms with E-state index in [-0.39, 0.29) is 12.3 Å². The van der Waals surface area contributed by atoms with E-state index in [1.165, 1.54) is 0 Å². The molecule has 5 heteroatoms. The maximum Gasteiger partial charge on any atom is 0.231 e. The normalized spacial score (nSPS) is 10.1. The molecule has 0 unspecified atom stereocenters. The van der Waals surface area contributed by atoms with Crippen molar-refractivity contribution in [2.45, 2.75) is 13.3 Å².